The zero-order valence-corrected chi connectivity index (χ0v) is 17.1. The van der Waals surface area contributed by atoms with E-state index in [1.807, 2.05) is 12.1 Å². The summed E-state index contributed by atoms with van der Waals surface area (Å²) in [6, 6.07) is 4.52. The summed E-state index contributed by atoms with van der Waals surface area (Å²) in [4.78, 5) is 28.1. The molecule has 156 valence electrons. The molecule has 30 heavy (non-hydrogen) atoms. The summed E-state index contributed by atoms with van der Waals surface area (Å²) in [5, 5.41) is 0.932. The highest BCUT2D eigenvalue weighted by atomic mass is 19.1. The van der Waals surface area contributed by atoms with Crippen molar-refractivity contribution in [2.75, 3.05) is 13.2 Å². The first kappa shape index (κ1) is 19.3. The molecule has 2 aliphatic rings. The molecule has 0 N–H and O–H groups in total. The van der Waals surface area contributed by atoms with E-state index in [1.54, 1.807) is 25.5 Å². The minimum atomic E-state index is -0.251. The zero-order chi connectivity index (χ0) is 20.7. The molecule has 2 atom stereocenters. The van der Waals surface area contributed by atoms with Crippen molar-refractivity contribution in [3.8, 4) is 11.3 Å². The molecule has 3 aromatic rings. The fourth-order valence-electron chi connectivity index (χ4n) is 4.64. The molecule has 6 nitrogen and oxygen atoms in total. The molecule has 0 radical (unpaired) electrons. The molecular weight excluding hydrogens is 383 g/mol. The maximum atomic E-state index is 12.9. The molecule has 0 bridgehead atoms. The molecule has 7 heteroatoms. The lowest BCUT2D eigenvalue weighted by Gasteiger charge is -2.29. The molecule has 1 aliphatic heterocycles. The number of aryl methyl sites for hydroxylation is 1. The molecule has 5 rings (SSSR count). The van der Waals surface area contributed by atoms with Crippen molar-refractivity contribution in [1.82, 2.24) is 19.9 Å². The van der Waals surface area contributed by atoms with Crippen LogP contribution in [0, 0.1) is 12.8 Å². The monoisotopic (exact) mass is 408 g/mol. The first-order valence-corrected chi connectivity index (χ1v) is 10.6. The minimum Gasteiger partial charge on any atom is -0.441 e. The number of pyridine rings is 2. The van der Waals surface area contributed by atoms with Gasteiger partial charge in [0.15, 0.2) is 11.7 Å². The van der Waals surface area contributed by atoms with Crippen LogP contribution >= 0.6 is 0 Å². The van der Waals surface area contributed by atoms with Gasteiger partial charge in [0.1, 0.15) is 12.5 Å². The van der Waals surface area contributed by atoms with Gasteiger partial charge >= 0.3 is 0 Å². The lowest BCUT2D eigenvalue weighted by Crippen LogP contribution is -2.31. The molecule has 1 aliphatic carbocycles. The highest BCUT2D eigenvalue weighted by Gasteiger charge is 2.41. The number of hydrogen-bond donors (Lipinski definition) is 0. The Bertz CT molecular complexity index is 1070. The van der Waals surface area contributed by atoms with E-state index in [0.717, 1.165) is 54.4 Å². The van der Waals surface area contributed by atoms with Gasteiger partial charge in [0.2, 0.25) is 0 Å². The molecule has 1 saturated carbocycles. The molecule has 3 aromatic heterocycles. The van der Waals surface area contributed by atoms with E-state index in [0.29, 0.717) is 24.1 Å². The largest absolute Gasteiger partial charge is 0.441 e. The van der Waals surface area contributed by atoms with Crippen LogP contribution in [-0.2, 0) is 11.2 Å². The van der Waals surface area contributed by atoms with E-state index in [9.17, 15) is 9.18 Å². The van der Waals surface area contributed by atoms with Gasteiger partial charge in [-0.15, -0.1) is 0 Å². The van der Waals surface area contributed by atoms with E-state index >= 15 is 0 Å². The third-order valence-electron chi connectivity index (χ3n) is 6.44. The summed E-state index contributed by atoms with van der Waals surface area (Å²) >= 11 is 0. The average molecular weight is 408 g/mol. The van der Waals surface area contributed by atoms with E-state index in [-0.39, 0.29) is 24.4 Å². The van der Waals surface area contributed by atoms with Crippen LogP contribution in [0.1, 0.15) is 37.3 Å². The van der Waals surface area contributed by atoms with Crippen molar-refractivity contribution >= 4 is 16.7 Å². The Labute approximate surface area is 174 Å². The number of aromatic nitrogens is 3. The Hall–Kier alpha value is -2.67. The van der Waals surface area contributed by atoms with Gasteiger partial charge in [0, 0.05) is 54.7 Å². The maximum absolute atomic E-state index is 12.9. The Morgan fingerprint density at radius 2 is 1.97 bits per heavy atom. The smallest absolute Gasteiger partial charge is 0.191 e. The van der Waals surface area contributed by atoms with Gasteiger partial charge < -0.3 is 4.42 Å². The SMILES string of the molecule is Cc1ncc(-c2cnc3cnc(CC(=O)C4CCC(N5CC5CF)CC4)cc3c2)o1. The van der Waals surface area contributed by atoms with Crippen LogP contribution in [0.25, 0.3) is 22.2 Å². The van der Waals surface area contributed by atoms with Gasteiger partial charge in [-0.05, 0) is 37.8 Å². The summed E-state index contributed by atoms with van der Waals surface area (Å²) in [6.45, 7) is 2.43. The van der Waals surface area contributed by atoms with Crippen molar-refractivity contribution in [1.29, 1.82) is 0 Å². The number of rotatable bonds is 6. The molecule has 4 heterocycles. The topological polar surface area (TPSA) is 71.9 Å². The predicted molar refractivity (Wildman–Crippen MR) is 111 cm³/mol. The van der Waals surface area contributed by atoms with Gasteiger partial charge in [-0.25, -0.2) is 9.37 Å². The summed E-state index contributed by atoms with van der Waals surface area (Å²) in [5.74, 6) is 1.63. The second kappa shape index (κ2) is 7.87. The molecule has 0 amide bonds. The number of halogens is 1. The third-order valence-corrected chi connectivity index (χ3v) is 6.44. The van der Waals surface area contributed by atoms with E-state index in [2.05, 4.69) is 19.9 Å². The summed E-state index contributed by atoms with van der Waals surface area (Å²) < 4.78 is 18.3. The Kier molecular flexibility index (Phi) is 5.06. The highest BCUT2D eigenvalue weighted by molar-refractivity contribution is 5.86. The highest BCUT2D eigenvalue weighted by Crippen LogP contribution is 2.34. The van der Waals surface area contributed by atoms with E-state index in [4.69, 9.17) is 4.42 Å². The summed E-state index contributed by atoms with van der Waals surface area (Å²) in [5.41, 5.74) is 2.41. The van der Waals surface area contributed by atoms with Gasteiger partial charge in [0.05, 0.1) is 24.0 Å². The molecule has 2 fully saturated rings. The number of carbonyl (C=O) groups excluding carboxylic acids is 1. The number of carbonyl (C=O) groups is 1. The van der Waals surface area contributed by atoms with Crippen molar-refractivity contribution in [2.45, 2.75) is 51.1 Å². The quantitative estimate of drug-likeness (QED) is 0.576. The number of nitrogens with zero attached hydrogens (tertiary/aromatic N) is 4. The fourth-order valence-corrected chi connectivity index (χ4v) is 4.64. The van der Waals surface area contributed by atoms with Crippen molar-refractivity contribution in [3.63, 3.8) is 0 Å². The Morgan fingerprint density at radius 3 is 2.67 bits per heavy atom. The standard InChI is InChI=1S/C23H25FN4O2/c1-14-25-12-23(30-14)17-6-16-7-18(26-11-21(16)27-10-17)8-22(29)15-2-4-19(5-3-15)28-13-20(28)9-24/h6-7,10-12,15,19-20H,2-5,8-9,13H2,1H3. The van der Waals surface area contributed by atoms with Crippen LogP contribution in [0.5, 0.6) is 0 Å². The van der Waals surface area contributed by atoms with Crippen LogP contribution in [0.15, 0.2) is 35.1 Å². The van der Waals surface area contributed by atoms with Crippen LogP contribution in [-0.4, -0.2) is 50.9 Å². The predicted octanol–water partition coefficient (Wildman–Crippen LogP) is 3.92. The number of ketones is 1. The number of Topliss-reactive ketones (excluding diaryl/α,β-unsaturated/α-hetero) is 1. The molecule has 0 aromatic carbocycles. The molecule has 1 saturated heterocycles. The Balaban J connectivity index is 1.25. The summed E-state index contributed by atoms with van der Waals surface area (Å²) in [7, 11) is 0. The van der Waals surface area contributed by atoms with Crippen LogP contribution in [0.4, 0.5) is 4.39 Å². The lowest BCUT2D eigenvalue weighted by atomic mass is 9.82. The van der Waals surface area contributed by atoms with Crippen LogP contribution in [0.2, 0.25) is 0 Å². The van der Waals surface area contributed by atoms with E-state index < -0.39 is 0 Å². The second-order valence-corrected chi connectivity index (χ2v) is 8.49. The van der Waals surface area contributed by atoms with Crippen LogP contribution < -0.4 is 0 Å². The normalized spacial score (nSPS) is 26.1. The first-order chi connectivity index (χ1) is 14.6. The Morgan fingerprint density at radius 1 is 1.13 bits per heavy atom. The van der Waals surface area contributed by atoms with Crippen molar-refractivity contribution in [3.05, 3.63) is 42.3 Å². The second-order valence-electron chi connectivity index (χ2n) is 8.49. The number of fused-ring (bicyclic) bond motifs is 1. The number of oxazole rings is 1. The molecule has 0 spiro atoms. The van der Waals surface area contributed by atoms with Gasteiger partial charge in [-0.1, -0.05) is 0 Å². The minimum absolute atomic E-state index is 0.0872. The maximum Gasteiger partial charge on any atom is 0.191 e. The number of hydrogen-bond acceptors (Lipinski definition) is 6. The van der Waals surface area contributed by atoms with Gasteiger partial charge in [-0.2, -0.15) is 0 Å². The average Bonchev–Trinajstić information content (AvgIpc) is 3.44. The zero-order valence-electron chi connectivity index (χ0n) is 17.1. The molecular formula is C23H25FN4O2. The third kappa shape index (κ3) is 3.86. The fraction of sp³-hybridized carbons (Fsp3) is 0.478. The summed E-state index contributed by atoms with van der Waals surface area (Å²) in [6.07, 6.45) is 9.26. The van der Waals surface area contributed by atoms with Crippen molar-refractivity contribution in [2.24, 2.45) is 5.92 Å². The van der Waals surface area contributed by atoms with Gasteiger partial charge in [0.25, 0.3) is 0 Å². The molecule has 2 unspecified atom stereocenters. The lowest BCUT2D eigenvalue weighted by molar-refractivity contribution is -0.123. The number of alkyl halides is 1. The first-order valence-electron chi connectivity index (χ1n) is 10.6. The van der Waals surface area contributed by atoms with E-state index in [1.165, 1.54) is 0 Å². The van der Waals surface area contributed by atoms with Crippen molar-refractivity contribution < 1.29 is 13.6 Å². The van der Waals surface area contributed by atoms with Gasteiger partial charge in [-0.3, -0.25) is 19.7 Å². The van der Waals surface area contributed by atoms with Crippen LogP contribution in [0.3, 0.4) is 0 Å².